The fraction of sp³-hybridized carbons (Fsp3) is 0.562. The van der Waals surface area contributed by atoms with E-state index >= 15 is 0 Å². The molecule has 1 aromatic rings. The van der Waals surface area contributed by atoms with Crippen molar-refractivity contribution in [2.75, 3.05) is 19.6 Å². The van der Waals surface area contributed by atoms with Crippen LogP contribution in [0.15, 0.2) is 30.3 Å². The van der Waals surface area contributed by atoms with Crippen molar-refractivity contribution in [3.8, 4) is 0 Å². The van der Waals surface area contributed by atoms with Crippen molar-refractivity contribution in [1.29, 1.82) is 0 Å². The first kappa shape index (κ1) is 16.1. The van der Waals surface area contributed by atoms with Gasteiger partial charge in [-0.2, -0.15) is 0 Å². The highest BCUT2D eigenvalue weighted by Gasteiger charge is 2.39. The van der Waals surface area contributed by atoms with Gasteiger partial charge in [-0.1, -0.05) is 43.2 Å². The number of rotatable bonds is 2. The minimum Gasteiger partial charge on any atom is -0.445 e. The first-order chi connectivity index (χ1) is 9.77. The number of nitrogens with zero attached hydrogens (tertiary/aromatic N) is 1. The molecule has 1 N–H and O–H groups in total. The second kappa shape index (κ2) is 7.14. The summed E-state index contributed by atoms with van der Waals surface area (Å²) in [7, 11) is 0. The number of nitrogens with one attached hydrogen (secondary N) is 1. The molecule has 0 bridgehead atoms. The van der Waals surface area contributed by atoms with Gasteiger partial charge >= 0.3 is 6.09 Å². The van der Waals surface area contributed by atoms with Crippen LogP contribution in [0.4, 0.5) is 4.79 Å². The molecule has 0 aromatic heterocycles. The minimum absolute atomic E-state index is 0. The molecule has 3 rings (SSSR count). The Morgan fingerprint density at radius 2 is 1.95 bits per heavy atom. The highest BCUT2D eigenvalue weighted by Crippen LogP contribution is 2.32. The summed E-state index contributed by atoms with van der Waals surface area (Å²) in [5.41, 5.74) is 1.19. The largest absolute Gasteiger partial charge is 0.445 e. The van der Waals surface area contributed by atoms with Crippen LogP contribution < -0.4 is 5.32 Å². The third kappa shape index (κ3) is 3.89. The van der Waals surface area contributed by atoms with Crippen LogP contribution in [0.1, 0.15) is 31.2 Å². The fourth-order valence-electron chi connectivity index (χ4n) is 3.31. The van der Waals surface area contributed by atoms with Crippen molar-refractivity contribution < 1.29 is 9.53 Å². The minimum atomic E-state index is -0.179. The Morgan fingerprint density at radius 3 is 2.67 bits per heavy atom. The number of benzene rings is 1. The van der Waals surface area contributed by atoms with E-state index in [1.807, 2.05) is 35.2 Å². The number of carbonyl (C=O) groups excluding carboxylic acids is 1. The Kier molecular flexibility index (Phi) is 5.48. The van der Waals surface area contributed by atoms with Crippen molar-refractivity contribution in [3.05, 3.63) is 35.9 Å². The average molecular weight is 311 g/mol. The zero-order valence-corrected chi connectivity index (χ0v) is 13.0. The molecule has 1 saturated heterocycles. The Balaban J connectivity index is 0.00000161. The number of piperazine rings is 1. The fourth-order valence-corrected chi connectivity index (χ4v) is 3.31. The number of hydrogen-bond acceptors (Lipinski definition) is 3. The van der Waals surface area contributed by atoms with E-state index in [9.17, 15) is 4.79 Å². The molecular weight excluding hydrogens is 288 g/mol. The van der Waals surface area contributed by atoms with Gasteiger partial charge in [0.05, 0.1) is 0 Å². The van der Waals surface area contributed by atoms with Gasteiger partial charge in [-0.3, -0.25) is 0 Å². The molecule has 5 heteroatoms. The number of ether oxygens (including phenoxy) is 1. The summed E-state index contributed by atoms with van der Waals surface area (Å²) in [6, 6.07) is 9.83. The Bertz CT molecular complexity index is 461. The van der Waals surface area contributed by atoms with E-state index in [0.717, 1.165) is 25.2 Å². The van der Waals surface area contributed by atoms with Gasteiger partial charge in [-0.05, 0) is 18.4 Å². The molecule has 0 radical (unpaired) electrons. The van der Waals surface area contributed by atoms with Gasteiger partial charge in [-0.15, -0.1) is 12.4 Å². The van der Waals surface area contributed by atoms with E-state index in [1.54, 1.807) is 0 Å². The molecule has 21 heavy (non-hydrogen) atoms. The lowest BCUT2D eigenvalue weighted by molar-refractivity contribution is 0.0697. The SMILES string of the molecule is Cl.O=C(OCc1ccccc1)N1CCNC2(CCCC2)C1. The van der Waals surface area contributed by atoms with Crippen LogP contribution in [0, 0.1) is 0 Å². The highest BCUT2D eigenvalue weighted by atomic mass is 35.5. The van der Waals surface area contributed by atoms with Crippen LogP contribution in [0.3, 0.4) is 0 Å². The summed E-state index contributed by atoms with van der Waals surface area (Å²) in [5.74, 6) is 0. The topological polar surface area (TPSA) is 41.6 Å². The van der Waals surface area contributed by atoms with E-state index in [1.165, 1.54) is 25.7 Å². The highest BCUT2D eigenvalue weighted by molar-refractivity contribution is 5.85. The Labute approximate surface area is 132 Å². The molecule has 1 saturated carbocycles. The van der Waals surface area contributed by atoms with Gasteiger partial charge in [0.25, 0.3) is 0 Å². The van der Waals surface area contributed by atoms with Crippen LogP contribution >= 0.6 is 12.4 Å². The third-order valence-electron chi connectivity index (χ3n) is 4.40. The lowest BCUT2D eigenvalue weighted by atomic mass is 9.95. The van der Waals surface area contributed by atoms with E-state index in [0.29, 0.717) is 6.61 Å². The maximum atomic E-state index is 12.2. The molecule has 1 aliphatic carbocycles. The van der Waals surface area contributed by atoms with E-state index in [4.69, 9.17) is 4.74 Å². The number of hydrogen-bond donors (Lipinski definition) is 1. The normalized spacial score (nSPS) is 20.1. The average Bonchev–Trinajstić information content (AvgIpc) is 2.93. The molecule has 2 aliphatic rings. The summed E-state index contributed by atoms with van der Waals surface area (Å²) >= 11 is 0. The van der Waals surface area contributed by atoms with Gasteiger partial charge in [-0.25, -0.2) is 4.79 Å². The van der Waals surface area contributed by atoms with Crippen molar-refractivity contribution in [1.82, 2.24) is 10.2 Å². The molecule has 1 heterocycles. The zero-order valence-electron chi connectivity index (χ0n) is 12.2. The second-order valence-electron chi connectivity index (χ2n) is 5.88. The summed E-state index contributed by atoms with van der Waals surface area (Å²) in [6.45, 7) is 2.77. The van der Waals surface area contributed by atoms with Crippen LogP contribution in [0.25, 0.3) is 0 Å². The van der Waals surface area contributed by atoms with Gasteiger partial charge in [0, 0.05) is 25.2 Å². The van der Waals surface area contributed by atoms with Crippen LogP contribution in [-0.4, -0.2) is 36.2 Å². The van der Waals surface area contributed by atoms with E-state index < -0.39 is 0 Å². The lowest BCUT2D eigenvalue weighted by Crippen LogP contribution is -2.60. The summed E-state index contributed by atoms with van der Waals surface area (Å²) in [6.07, 6.45) is 4.70. The Morgan fingerprint density at radius 1 is 1.24 bits per heavy atom. The van der Waals surface area contributed by atoms with Crippen LogP contribution in [-0.2, 0) is 11.3 Å². The smallest absolute Gasteiger partial charge is 0.410 e. The molecule has 0 unspecified atom stereocenters. The van der Waals surface area contributed by atoms with Crippen molar-refractivity contribution in [2.45, 2.75) is 37.8 Å². The lowest BCUT2D eigenvalue weighted by Gasteiger charge is -2.40. The second-order valence-corrected chi connectivity index (χ2v) is 5.88. The molecule has 1 amide bonds. The van der Waals surface area contributed by atoms with Gasteiger partial charge in [0.2, 0.25) is 0 Å². The number of amides is 1. The third-order valence-corrected chi connectivity index (χ3v) is 4.40. The molecule has 116 valence electrons. The summed E-state index contributed by atoms with van der Waals surface area (Å²) in [5, 5.41) is 3.60. The standard InChI is InChI=1S/C16H22N2O2.ClH/c19-15(20-12-14-6-2-1-3-7-14)18-11-10-17-16(13-18)8-4-5-9-16;/h1-3,6-7,17H,4-5,8-13H2;1H. The van der Waals surface area contributed by atoms with Crippen molar-refractivity contribution in [3.63, 3.8) is 0 Å². The van der Waals surface area contributed by atoms with Crippen LogP contribution in [0.5, 0.6) is 0 Å². The quantitative estimate of drug-likeness (QED) is 0.913. The molecule has 1 aliphatic heterocycles. The number of carbonyl (C=O) groups is 1. The van der Waals surface area contributed by atoms with Crippen LogP contribution in [0.2, 0.25) is 0 Å². The first-order valence-corrected chi connectivity index (χ1v) is 7.48. The molecule has 2 fully saturated rings. The molecular formula is C16H23ClN2O2. The maximum absolute atomic E-state index is 12.2. The van der Waals surface area contributed by atoms with E-state index in [2.05, 4.69) is 5.32 Å². The predicted molar refractivity (Wildman–Crippen MR) is 84.6 cm³/mol. The van der Waals surface area contributed by atoms with E-state index in [-0.39, 0.29) is 24.0 Å². The number of halogens is 1. The Hall–Kier alpha value is -1.26. The summed E-state index contributed by atoms with van der Waals surface area (Å²) in [4.78, 5) is 14.1. The summed E-state index contributed by atoms with van der Waals surface area (Å²) < 4.78 is 5.43. The molecule has 1 spiro atoms. The molecule has 4 nitrogen and oxygen atoms in total. The monoisotopic (exact) mass is 310 g/mol. The van der Waals surface area contributed by atoms with Gasteiger partial charge < -0.3 is 15.0 Å². The zero-order chi connectivity index (χ0) is 13.8. The van der Waals surface area contributed by atoms with Gasteiger partial charge in [0.1, 0.15) is 6.61 Å². The maximum Gasteiger partial charge on any atom is 0.410 e. The van der Waals surface area contributed by atoms with Crippen molar-refractivity contribution >= 4 is 18.5 Å². The van der Waals surface area contributed by atoms with Crippen molar-refractivity contribution in [2.24, 2.45) is 0 Å². The molecule has 0 atom stereocenters. The first-order valence-electron chi connectivity index (χ1n) is 7.48. The van der Waals surface area contributed by atoms with Gasteiger partial charge in [0.15, 0.2) is 0 Å². The predicted octanol–water partition coefficient (Wildman–Crippen LogP) is 2.96. The molecule has 1 aromatic carbocycles.